The summed E-state index contributed by atoms with van der Waals surface area (Å²) in [6.07, 6.45) is 8.88. The molecule has 0 aromatic heterocycles. The Hall–Kier alpha value is -3.17. The maximum atomic E-state index is 14.8. The van der Waals surface area contributed by atoms with Gasteiger partial charge in [-0.3, -0.25) is 14.4 Å². The fourth-order valence-corrected chi connectivity index (χ4v) is 8.32. The number of rotatable bonds is 8. The molecule has 44 heavy (non-hydrogen) atoms. The van der Waals surface area contributed by atoms with Gasteiger partial charge in [0, 0.05) is 24.3 Å². The molecular formula is C35H49N3O6. The van der Waals surface area contributed by atoms with Crippen LogP contribution in [0.5, 0.6) is 5.75 Å². The molecule has 1 aromatic carbocycles. The van der Waals surface area contributed by atoms with Crippen molar-refractivity contribution in [2.24, 2.45) is 17.3 Å². The van der Waals surface area contributed by atoms with E-state index in [-0.39, 0.29) is 29.7 Å². The maximum Gasteiger partial charge on any atom is 0.249 e. The van der Waals surface area contributed by atoms with Crippen LogP contribution in [0.15, 0.2) is 48.6 Å². The number of hydrogen-bond donors (Lipinski definition) is 1. The van der Waals surface area contributed by atoms with E-state index < -0.39 is 40.7 Å². The Labute approximate surface area is 261 Å². The second kappa shape index (κ2) is 11.3. The van der Waals surface area contributed by atoms with Gasteiger partial charge in [0.1, 0.15) is 17.4 Å². The summed E-state index contributed by atoms with van der Waals surface area (Å²) in [4.78, 5) is 49.2. The second-order valence-corrected chi connectivity index (χ2v) is 14.6. The molecule has 0 aliphatic carbocycles. The second-order valence-electron chi connectivity index (χ2n) is 14.6. The van der Waals surface area contributed by atoms with Gasteiger partial charge in [0.25, 0.3) is 0 Å². The third-order valence-electron chi connectivity index (χ3n) is 9.77. The van der Waals surface area contributed by atoms with Crippen molar-refractivity contribution >= 4 is 23.4 Å². The Morgan fingerprint density at radius 2 is 1.61 bits per heavy atom. The first-order valence-corrected chi connectivity index (χ1v) is 16.0. The Balaban J connectivity index is 1.62. The summed E-state index contributed by atoms with van der Waals surface area (Å²) in [5, 5.41) is 10.3. The third kappa shape index (κ3) is 5.06. The Morgan fingerprint density at radius 3 is 2.20 bits per heavy atom. The van der Waals surface area contributed by atoms with Gasteiger partial charge in [0.2, 0.25) is 17.7 Å². The van der Waals surface area contributed by atoms with E-state index in [1.165, 1.54) is 4.90 Å². The lowest BCUT2D eigenvalue weighted by atomic mass is 9.72. The van der Waals surface area contributed by atoms with Crippen molar-refractivity contribution in [2.45, 2.75) is 97.1 Å². The van der Waals surface area contributed by atoms with Gasteiger partial charge in [-0.2, -0.15) is 0 Å². The van der Waals surface area contributed by atoms with Crippen molar-refractivity contribution in [3.05, 3.63) is 48.6 Å². The average molecular weight is 608 g/mol. The summed E-state index contributed by atoms with van der Waals surface area (Å²) in [7, 11) is 0. The normalized spacial score (nSPS) is 31.1. The number of benzene rings is 1. The van der Waals surface area contributed by atoms with Crippen LogP contribution in [0.25, 0.3) is 0 Å². The van der Waals surface area contributed by atoms with Crippen LogP contribution in [0.4, 0.5) is 5.69 Å². The molecule has 0 bridgehead atoms. The summed E-state index contributed by atoms with van der Waals surface area (Å²) in [6.45, 7) is 17.1. The molecule has 5 rings (SSSR count). The quantitative estimate of drug-likeness (QED) is 0.442. The van der Waals surface area contributed by atoms with E-state index >= 15 is 0 Å². The highest BCUT2D eigenvalue weighted by molar-refractivity contribution is 6.04. The van der Waals surface area contributed by atoms with Crippen LogP contribution < -0.4 is 9.64 Å². The van der Waals surface area contributed by atoms with Gasteiger partial charge in [-0.15, -0.1) is 0 Å². The van der Waals surface area contributed by atoms with E-state index in [0.29, 0.717) is 37.6 Å². The molecule has 6 atom stereocenters. The van der Waals surface area contributed by atoms with Crippen molar-refractivity contribution < 1.29 is 29.0 Å². The molecule has 2 saturated heterocycles. The van der Waals surface area contributed by atoms with Gasteiger partial charge in [0.05, 0.1) is 36.7 Å². The SMILES string of the molecule is CCOc1ccc(N2CC=C[C@]3(CC)O[C@]45C=CCN(C(C)(C)CC(C)(C)C)C(=O)C4N([C@H](C)CO)C(=O)[C@@H]5[C@@H]3C2=O)cc1. The molecule has 1 spiro atoms. The molecule has 3 amide bonds. The highest BCUT2D eigenvalue weighted by Gasteiger charge is 2.76. The van der Waals surface area contributed by atoms with Crippen molar-refractivity contribution in [3.8, 4) is 5.75 Å². The minimum Gasteiger partial charge on any atom is -0.494 e. The number of aliphatic hydroxyl groups is 1. The topological polar surface area (TPSA) is 99.6 Å². The Bertz CT molecular complexity index is 1350. The van der Waals surface area contributed by atoms with Crippen LogP contribution in [-0.2, 0) is 19.1 Å². The molecule has 9 heteroatoms. The number of carbonyl (C=O) groups is 3. The van der Waals surface area contributed by atoms with Gasteiger partial charge >= 0.3 is 0 Å². The minimum absolute atomic E-state index is 0.0472. The third-order valence-corrected chi connectivity index (χ3v) is 9.77. The van der Waals surface area contributed by atoms with Gasteiger partial charge in [-0.25, -0.2) is 0 Å². The number of likely N-dealkylation sites (tertiary alicyclic amines) is 1. The number of fused-ring (bicyclic) bond motifs is 2. The molecule has 240 valence electrons. The van der Waals surface area contributed by atoms with E-state index in [2.05, 4.69) is 34.6 Å². The van der Waals surface area contributed by atoms with Crippen LogP contribution in [0, 0.1) is 17.3 Å². The molecule has 9 nitrogen and oxygen atoms in total. The lowest BCUT2D eigenvalue weighted by molar-refractivity contribution is -0.158. The highest BCUT2D eigenvalue weighted by Crippen LogP contribution is 2.59. The first-order chi connectivity index (χ1) is 20.7. The predicted octanol–water partition coefficient (Wildman–Crippen LogP) is 4.34. The van der Waals surface area contributed by atoms with Crippen LogP contribution in [0.2, 0.25) is 0 Å². The monoisotopic (exact) mass is 607 g/mol. The van der Waals surface area contributed by atoms with E-state index in [4.69, 9.17) is 9.47 Å². The predicted molar refractivity (Wildman–Crippen MR) is 169 cm³/mol. The zero-order valence-corrected chi connectivity index (χ0v) is 27.5. The average Bonchev–Trinajstić information content (AvgIpc) is 3.24. The molecule has 4 aliphatic rings. The van der Waals surface area contributed by atoms with E-state index in [9.17, 15) is 19.5 Å². The molecule has 2 fully saturated rings. The van der Waals surface area contributed by atoms with Crippen LogP contribution >= 0.6 is 0 Å². The highest BCUT2D eigenvalue weighted by atomic mass is 16.5. The standard InChI is InChI=1S/C35H49N3O6/c1-9-34-17-11-19-36(24-13-15-25(16-14-24)43-10-2)29(40)26(34)27-30(41)38(23(3)21-39)28-31(42)37(20-12-18-35(27,28)44-34)33(7,8)22-32(4,5)6/h11-18,23,26-28,39H,9-10,19-22H2,1-8H3/t23-,26-,27+,28?,34+,35+/m1/s1. The Kier molecular flexibility index (Phi) is 8.29. The summed E-state index contributed by atoms with van der Waals surface area (Å²) < 4.78 is 12.7. The lowest BCUT2D eigenvalue weighted by Crippen LogP contribution is -2.61. The van der Waals surface area contributed by atoms with Crippen LogP contribution in [0.1, 0.15) is 68.2 Å². The number of hydrogen-bond acceptors (Lipinski definition) is 6. The largest absolute Gasteiger partial charge is 0.494 e. The molecule has 1 N–H and O–H groups in total. The first-order valence-electron chi connectivity index (χ1n) is 16.0. The first kappa shape index (κ1) is 32.2. The molecule has 0 saturated carbocycles. The smallest absolute Gasteiger partial charge is 0.249 e. The molecule has 0 radical (unpaired) electrons. The van der Waals surface area contributed by atoms with Crippen molar-refractivity contribution in [2.75, 3.05) is 31.2 Å². The molecule has 1 unspecified atom stereocenters. The zero-order chi connectivity index (χ0) is 32.2. The molecular weight excluding hydrogens is 558 g/mol. The Morgan fingerprint density at radius 1 is 0.955 bits per heavy atom. The van der Waals surface area contributed by atoms with E-state index in [1.54, 1.807) is 11.8 Å². The van der Waals surface area contributed by atoms with E-state index in [1.807, 2.05) is 67.3 Å². The fraction of sp³-hybridized carbons (Fsp3) is 0.629. The molecule has 4 aliphatic heterocycles. The summed E-state index contributed by atoms with van der Waals surface area (Å²) in [5.74, 6) is -1.86. The number of nitrogens with zero attached hydrogens (tertiary/aromatic N) is 3. The van der Waals surface area contributed by atoms with Gasteiger partial charge in [-0.05, 0) is 70.2 Å². The fourth-order valence-electron chi connectivity index (χ4n) is 8.32. The number of anilines is 1. The van der Waals surface area contributed by atoms with Gasteiger partial charge in [-0.1, -0.05) is 52.0 Å². The summed E-state index contributed by atoms with van der Waals surface area (Å²) in [6, 6.07) is 5.72. The number of ether oxygens (including phenoxy) is 2. The van der Waals surface area contributed by atoms with Crippen LogP contribution in [-0.4, -0.2) is 87.8 Å². The minimum atomic E-state index is -1.37. The number of aliphatic hydroxyl groups excluding tert-OH is 1. The van der Waals surface area contributed by atoms with Crippen LogP contribution in [0.3, 0.4) is 0 Å². The lowest BCUT2D eigenvalue weighted by Gasteiger charge is -2.45. The molecule has 1 aromatic rings. The van der Waals surface area contributed by atoms with Gasteiger partial charge < -0.3 is 29.3 Å². The zero-order valence-electron chi connectivity index (χ0n) is 27.5. The summed E-state index contributed by atoms with van der Waals surface area (Å²) in [5.41, 5.74) is -2.32. The maximum absolute atomic E-state index is 14.8. The number of carbonyl (C=O) groups excluding carboxylic acids is 3. The van der Waals surface area contributed by atoms with Gasteiger partial charge in [0.15, 0.2) is 0 Å². The summed E-state index contributed by atoms with van der Waals surface area (Å²) >= 11 is 0. The van der Waals surface area contributed by atoms with Crippen molar-refractivity contribution in [1.82, 2.24) is 9.80 Å². The molecule has 4 heterocycles. The van der Waals surface area contributed by atoms with Crippen molar-refractivity contribution in [1.29, 1.82) is 0 Å². The number of amides is 3. The van der Waals surface area contributed by atoms with Crippen molar-refractivity contribution in [3.63, 3.8) is 0 Å². The van der Waals surface area contributed by atoms with E-state index in [0.717, 1.165) is 6.42 Å².